The van der Waals surface area contributed by atoms with E-state index in [1.165, 1.54) is 0 Å². The van der Waals surface area contributed by atoms with Crippen LogP contribution in [0.4, 0.5) is 22.1 Å². The van der Waals surface area contributed by atoms with Crippen LogP contribution in [0.3, 0.4) is 0 Å². The van der Waals surface area contributed by atoms with E-state index in [-0.39, 0.29) is 6.03 Å². The van der Waals surface area contributed by atoms with Gasteiger partial charge in [-0.25, -0.2) is 4.79 Å². The second-order valence-corrected chi connectivity index (χ2v) is 4.99. The molecule has 3 rings (SSSR count). The standard InChI is InChI=1S/C15H14N6O/c16-9-10-2-1-3-12(8-10)17-13-6-7-14(21-20-13)19-15(22)18-11-4-5-11/h1-3,6-8,11H,4-5H2,(H,17,20)(H2,18,19,21,22). The fourth-order valence-corrected chi connectivity index (χ4v) is 1.85. The number of nitrogens with zero attached hydrogens (tertiary/aromatic N) is 3. The molecule has 1 aromatic carbocycles. The largest absolute Gasteiger partial charge is 0.339 e. The molecule has 1 fully saturated rings. The van der Waals surface area contributed by atoms with Crippen molar-refractivity contribution in [2.75, 3.05) is 10.6 Å². The summed E-state index contributed by atoms with van der Waals surface area (Å²) in [6, 6.07) is 12.5. The maximum Gasteiger partial charge on any atom is 0.320 e. The quantitative estimate of drug-likeness (QED) is 0.803. The third-order valence-electron chi connectivity index (χ3n) is 3.08. The van der Waals surface area contributed by atoms with Crippen molar-refractivity contribution in [2.24, 2.45) is 0 Å². The lowest BCUT2D eigenvalue weighted by Gasteiger charge is -2.07. The third kappa shape index (κ3) is 3.70. The Kier molecular flexibility index (Phi) is 3.83. The molecule has 110 valence electrons. The molecule has 0 spiro atoms. The molecular weight excluding hydrogens is 280 g/mol. The van der Waals surface area contributed by atoms with E-state index < -0.39 is 0 Å². The minimum absolute atomic E-state index is 0.265. The Morgan fingerprint density at radius 1 is 1.18 bits per heavy atom. The van der Waals surface area contributed by atoms with E-state index in [0.717, 1.165) is 18.5 Å². The van der Waals surface area contributed by atoms with Crippen LogP contribution in [0.1, 0.15) is 18.4 Å². The number of nitrogens with one attached hydrogen (secondary N) is 3. The van der Waals surface area contributed by atoms with Gasteiger partial charge in [0.05, 0.1) is 11.6 Å². The van der Waals surface area contributed by atoms with E-state index in [2.05, 4.69) is 32.2 Å². The average Bonchev–Trinajstić information content (AvgIpc) is 3.33. The third-order valence-corrected chi connectivity index (χ3v) is 3.08. The van der Waals surface area contributed by atoms with Gasteiger partial charge in [0.2, 0.25) is 0 Å². The molecule has 0 unspecified atom stereocenters. The van der Waals surface area contributed by atoms with Gasteiger partial charge in [0, 0.05) is 11.7 Å². The monoisotopic (exact) mass is 294 g/mol. The minimum atomic E-state index is -0.265. The van der Waals surface area contributed by atoms with Crippen LogP contribution in [-0.2, 0) is 0 Å². The molecule has 22 heavy (non-hydrogen) atoms. The van der Waals surface area contributed by atoms with Crippen LogP contribution in [0.2, 0.25) is 0 Å². The van der Waals surface area contributed by atoms with Crippen molar-refractivity contribution in [3.05, 3.63) is 42.0 Å². The van der Waals surface area contributed by atoms with Crippen LogP contribution < -0.4 is 16.0 Å². The molecule has 1 aliphatic carbocycles. The highest BCUT2D eigenvalue weighted by molar-refractivity contribution is 5.88. The maximum absolute atomic E-state index is 11.6. The van der Waals surface area contributed by atoms with E-state index in [1.54, 1.807) is 30.3 Å². The second kappa shape index (κ2) is 6.10. The van der Waals surface area contributed by atoms with E-state index in [4.69, 9.17) is 5.26 Å². The predicted molar refractivity (Wildman–Crippen MR) is 81.6 cm³/mol. The molecule has 0 bridgehead atoms. The van der Waals surface area contributed by atoms with Gasteiger partial charge in [-0.2, -0.15) is 5.26 Å². The number of rotatable bonds is 4. The zero-order chi connectivity index (χ0) is 15.4. The van der Waals surface area contributed by atoms with Crippen molar-refractivity contribution in [1.29, 1.82) is 5.26 Å². The molecular formula is C15H14N6O. The Morgan fingerprint density at radius 2 is 1.95 bits per heavy atom. The smallest absolute Gasteiger partial charge is 0.320 e. The van der Waals surface area contributed by atoms with E-state index >= 15 is 0 Å². The summed E-state index contributed by atoms with van der Waals surface area (Å²) in [6.07, 6.45) is 2.06. The van der Waals surface area contributed by atoms with E-state index in [1.807, 2.05) is 6.07 Å². The number of anilines is 3. The minimum Gasteiger partial charge on any atom is -0.339 e. The molecule has 0 radical (unpaired) electrons. The van der Waals surface area contributed by atoms with Crippen molar-refractivity contribution in [1.82, 2.24) is 15.5 Å². The molecule has 2 aromatic rings. The maximum atomic E-state index is 11.6. The molecule has 1 saturated carbocycles. The van der Waals surface area contributed by atoms with Crippen molar-refractivity contribution >= 4 is 23.4 Å². The Balaban J connectivity index is 1.60. The lowest BCUT2D eigenvalue weighted by molar-refractivity contribution is 0.251. The first kappa shape index (κ1) is 13.8. The van der Waals surface area contributed by atoms with Crippen LogP contribution in [0.15, 0.2) is 36.4 Å². The second-order valence-electron chi connectivity index (χ2n) is 4.99. The van der Waals surface area contributed by atoms with Crippen LogP contribution in [-0.4, -0.2) is 22.3 Å². The molecule has 2 amide bonds. The normalized spacial score (nSPS) is 13.0. The van der Waals surface area contributed by atoms with Crippen LogP contribution in [0.25, 0.3) is 0 Å². The number of carbonyl (C=O) groups is 1. The molecule has 0 aliphatic heterocycles. The summed E-state index contributed by atoms with van der Waals surface area (Å²) >= 11 is 0. The highest BCUT2D eigenvalue weighted by atomic mass is 16.2. The molecule has 1 heterocycles. The molecule has 7 nitrogen and oxygen atoms in total. The van der Waals surface area contributed by atoms with Crippen LogP contribution >= 0.6 is 0 Å². The number of carbonyl (C=O) groups excluding carboxylic acids is 1. The van der Waals surface area contributed by atoms with Crippen molar-refractivity contribution in [3.63, 3.8) is 0 Å². The molecule has 1 aromatic heterocycles. The van der Waals surface area contributed by atoms with Gasteiger partial charge in [-0.05, 0) is 43.2 Å². The summed E-state index contributed by atoms with van der Waals surface area (Å²) < 4.78 is 0. The molecule has 7 heteroatoms. The summed E-state index contributed by atoms with van der Waals surface area (Å²) in [5.41, 5.74) is 1.31. The number of aromatic nitrogens is 2. The SMILES string of the molecule is N#Cc1cccc(Nc2ccc(NC(=O)NC3CC3)nn2)c1. The lowest BCUT2D eigenvalue weighted by atomic mass is 10.2. The zero-order valence-electron chi connectivity index (χ0n) is 11.7. The van der Waals surface area contributed by atoms with Gasteiger partial charge in [-0.1, -0.05) is 6.07 Å². The fraction of sp³-hybridized carbons (Fsp3) is 0.200. The Hall–Kier alpha value is -3.14. The van der Waals surface area contributed by atoms with Crippen molar-refractivity contribution < 1.29 is 4.79 Å². The van der Waals surface area contributed by atoms with Gasteiger partial charge in [0.15, 0.2) is 11.6 Å². The van der Waals surface area contributed by atoms with Gasteiger partial charge in [0.1, 0.15) is 0 Å². The van der Waals surface area contributed by atoms with E-state index in [0.29, 0.717) is 23.2 Å². The summed E-state index contributed by atoms with van der Waals surface area (Å²) in [5, 5.41) is 25.3. The molecule has 1 aliphatic rings. The number of benzene rings is 1. The van der Waals surface area contributed by atoms with Crippen LogP contribution in [0.5, 0.6) is 0 Å². The number of hydrogen-bond acceptors (Lipinski definition) is 5. The van der Waals surface area contributed by atoms with Crippen molar-refractivity contribution in [3.8, 4) is 6.07 Å². The molecule has 3 N–H and O–H groups in total. The number of hydrogen-bond donors (Lipinski definition) is 3. The van der Waals surface area contributed by atoms with Crippen molar-refractivity contribution in [2.45, 2.75) is 18.9 Å². The predicted octanol–water partition coefficient (Wildman–Crippen LogP) is 2.38. The highest BCUT2D eigenvalue weighted by Crippen LogP contribution is 2.19. The first-order valence-electron chi connectivity index (χ1n) is 6.91. The topological polar surface area (TPSA) is 103 Å². The van der Waals surface area contributed by atoms with Gasteiger partial charge in [0.25, 0.3) is 0 Å². The molecule has 0 saturated heterocycles. The number of nitriles is 1. The Bertz CT molecular complexity index is 718. The van der Waals surface area contributed by atoms with E-state index in [9.17, 15) is 4.79 Å². The number of amides is 2. The van der Waals surface area contributed by atoms with Gasteiger partial charge in [-0.15, -0.1) is 10.2 Å². The first-order chi connectivity index (χ1) is 10.7. The number of urea groups is 1. The van der Waals surface area contributed by atoms with Gasteiger partial charge >= 0.3 is 6.03 Å². The highest BCUT2D eigenvalue weighted by Gasteiger charge is 2.23. The summed E-state index contributed by atoms with van der Waals surface area (Å²) in [7, 11) is 0. The summed E-state index contributed by atoms with van der Waals surface area (Å²) in [5.74, 6) is 0.915. The van der Waals surface area contributed by atoms with Gasteiger partial charge < -0.3 is 10.6 Å². The Morgan fingerprint density at radius 3 is 2.64 bits per heavy atom. The zero-order valence-corrected chi connectivity index (χ0v) is 11.7. The summed E-state index contributed by atoms with van der Waals surface area (Å²) in [4.78, 5) is 11.6. The fourth-order valence-electron chi connectivity index (χ4n) is 1.85. The lowest BCUT2D eigenvalue weighted by Crippen LogP contribution is -2.30. The first-order valence-corrected chi connectivity index (χ1v) is 6.91. The van der Waals surface area contributed by atoms with Crippen LogP contribution in [0, 0.1) is 11.3 Å². The summed E-state index contributed by atoms with van der Waals surface area (Å²) in [6.45, 7) is 0. The molecule has 0 atom stereocenters. The van der Waals surface area contributed by atoms with Gasteiger partial charge in [-0.3, -0.25) is 5.32 Å². The Labute approximate surface area is 127 Å². The average molecular weight is 294 g/mol.